The number of piperidine rings is 1. The molecule has 0 N–H and O–H groups in total. The number of hydrogen-bond acceptors (Lipinski definition) is 6. The van der Waals surface area contributed by atoms with Gasteiger partial charge in [-0.15, -0.1) is 0 Å². The molecule has 0 spiro atoms. The van der Waals surface area contributed by atoms with Crippen molar-refractivity contribution in [1.29, 1.82) is 0 Å². The van der Waals surface area contributed by atoms with Crippen molar-refractivity contribution in [2.45, 2.75) is 26.2 Å². The third kappa shape index (κ3) is 3.27. The van der Waals surface area contributed by atoms with Crippen LogP contribution in [-0.4, -0.2) is 44.6 Å². The van der Waals surface area contributed by atoms with Gasteiger partial charge in [0.1, 0.15) is 15.8 Å². The number of hydrogen-bond donors (Lipinski definition) is 0. The second kappa shape index (κ2) is 7.09. The molecule has 4 rings (SSSR count). The Morgan fingerprint density at radius 3 is 2.59 bits per heavy atom. The second-order valence-electron chi connectivity index (χ2n) is 6.88. The lowest BCUT2D eigenvalue weighted by atomic mass is 10.1. The normalized spacial score (nSPS) is 19.6. The molecule has 27 heavy (non-hydrogen) atoms. The number of thioether (sulfide) groups is 1. The number of carbonyl (C=O) groups excluding carboxylic acids is 1. The van der Waals surface area contributed by atoms with Crippen LogP contribution in [0.25, 0.3) is 11.7 Å². The Balaban J connectivity index is 1.93. The Kier molecular flexibility index (Phi) is 4.77. The van der Waals surface area contributed by atoms with Crippen LogP contribution < -0.4 is 10.5 Å². The summed E-state index contributed by atoms with van der Waals surface area (Å²) in [5, 5.41) is 0. The fourth-order valence-corrected chi connectivity index (χ4v) is 4.56. The van der Waals surface area contributed by atoms with Crippen molar-refractivity contribution in [3.63, 3.8) is 0 Å². The molecule has 0 unspecified atom stereocenters. The smallest absolute Gasteiger partial charge is 0.267 e. The zero-order chi connectivity index (χ0) is 19.1. The zero-order valence-electron chi connectivity index (χ0n) is 15.3. The second-order valence-corrected chi connectivity index (χ2v) is 8.55. The van der Waals surface area contributed by atoms with E-state index >= 15 is 0 Å². The highest BCUT2D eigenvalue weighted by Crippen LogP contribution is 2.32. The van der Waals surface area contributed by atoms with Crippen LogP contribution in [0.4, 0.5) is 5.82 Å². The van der Waals surface area contributed by atoms with E-state index in [1.807, 2.05) is 19.1 Å². The summed E-state index contributed by atoms with van der Waals surface area (Å²) in [5.41, 5.74) is 1.88. The fourth-order valence-electron chi connectivity index (χ4n) is 3.40. The van der Waals surface area contributed by atoms with Gasteiger partial charge < -0.3 is 4.90 Å². The molecule has 140 valence electrons. The molecule has 1 amide bonds. The molecule has 0 radical (unpaired) electrons. The van der Waals surface area contributed by atoms with E-state index in [0.717, 1.165) is 31.5 Å². The monoisotopic (exact) mass is 400 g/mol. The molecule has 8 heteroatoms. The quantitative estimate of drug-likeness (QED) is 0.571. The number of aryl methyl sites for hydroxylation is 1. The first-order valence-corrected chi connectivity index (χ1v) is 10.2. The van der Waals surface area contributed by atoms with Crippen molar-refractivity contribution in [3.05, 3.63) is 44.7 Å². The van der Waals surface area contributed by atoms with Crippen LogP contribution in [0.5, 0.6) is 0 Å². The summed E-state index contributed by atoms with van der Waals surface area (Å²) in [6.45, 7) is 3.67. The van der Waals surface area contributed by atoms with Crippen LogP contribution in [0, 0.1) is 6.92 Å². The van der Waals surface area contributed by atoms with Crippen molar-refractivity contribution in [2.75, 3.05) is 25.0 Å². The summed E-state index contributed by atoms with van der Waals surface area (Å²) in [4.78, 5) is 34.6. The minimum absolute atomic E-state index is 0.161. The van der Waals surface area contributed by atoms with Gasteiger partial charge in [-0.05, 0) is 43.9 Å². The summed E-state index contributed by atoms with van der Waals surface area (Å²) >= 11 is 6.44. The number of rotatable bonds is 2. The van der Waals surface area contributed by atoms with Crippen LogP contribution in [0.15, 0.2) is 28.0 Å². The third-order valence-corrected chi connectivity index (χ3v) is 6.39. The molecule has 2 aliphatic rings. The fraction of sp³-hybridized carbons (Fsp3) is 0.368. The highest BCUT2D eigenvalue weighted by molar-refractivity contribution is 8.26. The first-order valence-electron chi connectivity index (χ1n) is 8.95. The molecule has 2 aromatic rings. The summed E-state index contributed by atoms with van der Waals surface area (Å²) in [6.07, 6.45) is 6.78. The van der Waals surface area contributed by atoms with Crippen LogP contribution in [0.1, 0.15) is 30.4 Å². The topological polar surface area (TPSA) is 57.9 Å². The summed E-state index contributed by atoms with van der Waals surface area (Å²) in [7, 11) is 1.65. The maximum Gasteiger partial charge on any atom is 0.267 e. The molecule has 6 nitrogen and oxygen atoms in total. The largest absolute Gasteiger partial charge is 0.356 e. The van der Waals surface area contributed by atoms with Gasteiger partial charge in [0.25, 0.3) is 11.5 Å². The van der Waals surface area contributed by atoms with Crippen molar-refractivity contribution < 1.29 is 4.79 Å². The van der Waals surface area contributed by atoms with Crippen molar-refractivity contribution in [1.82, 2.24) is 14.3 Å². The molecule has 4 heterocycles. The Morgan fingerprint density at radius 2 is 1.93 bits per heavy atom. The molecular formula is C19H20N4O2S2. The predicted molar refractivity (Wildman–Crippen MR) is 113 cm³/mol. The third-order valence-electron chi connectivity index (χ3n) is 4.90. The average Bonchev–Trinajstić information content (AvgIpc) is 2.92. The number of amides is 1. The highest BCUT2D eigenvalue weighted by atomic mass is 32.2. The Hall–Kier alpha value is -2.19. The van der Waals surface area contributed by atoms with Crippen molar-refractivity contribution in [2.24, 2.45) is 0 Å². The van der Waals surface area contributed by atoms with E-state index in [0.29, 0.717) is 26.3 Å². The number of fused-ring (bicyclic) bond motifs is 1. The first-order chi connectivity index (χ1) is 13.0. The Labute approximate surface area is 166 Å². The Bertz CT molecular complexity index is 1040. The highest BCUT2D eigenvalue weighted by Gasteiger charge is 2.30. The molecule has 2 fully saturated rings. The first kappa shape index (κ1) is 18.2. The van der Waals surface area contributed by atoms with Crippen molar-refractivity contribution >= 4 is 51.7 Å². The number of nitrogens with zero attached hydrogens (tertiary/aromatic N) is 4. The SMILES string of the molecule is Cc1ccc2nc(N3CCCCC3)c(/C=C3/SC(=S)N(C)C3=O)c(=O)n2c1. The number of likely N-dealkylation sites (N-methyl/N-ethyl adjacent to an activating group) is 1. The molecule has 0 aliphatic carbocycles. The van der Waals surface area contributed by atoms with Gasteiger partial charge in [-0.2, -0.15) is 0 Å². The van der Waals surface area contributed by atoms with Crippen LogP contribution in [0.2, 0.25) is 0 Å². The van der Waals surface area contributed by atoms with Gasteiger partial charge in [0.15, 0.2) is 0 Å². The molecule has 0 bridgehead atoms. The maximum atomic E-state index is 13.3. The molecule has 0 saturated carbocycles. The van der Waals surface area contributed by atoms with E-state index in [1.54, 1.807) is 23.7 Å². The number of pyridine rings is 1. The number of thiocarbonyl (C=S) groups is 1. The van der Waals surface area contributed by atoms with Gasteiger partial charge in [0.05, 0.1) is 10.5 Å². The molecule has 0 atom stereocenters. The van der Waals surface area contributed by atoms with Crippen LogP contribution >= 0.6 is 24.0 Å². The zero-order valence-corrected chi connectivity index (χ0v) is 16.9. The lowest BCUT2D eigenvalue weighted by Gasteiger charge is -2.29. The predicted octanol–water partition coefficient (Wildman–Crippen LogP) is 2.82. The lowest BCUT2D eigenvalue weighted by Crippen LogP contribution is -2.33. The van der Waals surface area contributed by atoms with E-state index in [1.165, 1.54) is 23.1 Å². The standard InChI is InChI=1S/C19H20N4O2S2/c1-12-6-7-15-20-16(22-8-4-3-5-9-22)13(17(24)23(15)11-12)10-14-18(25)21(2)19(26)27-14/h6-7,10-11H,3-5,8-9H2,1-2H3/b14-10+. The van der Waals surface area contributed by atoms with Crippen LogP contribution in [0.3, 0.4) is 0 Å². The van der Waals surface area contributed by atoms with Crippen molar-refractivity contribution in [3.8, 4) is 0 Å². The van der Waals surface area contributed by atoms with E-state index < -0.39 is 0 Å². The van der Waals surface area contributed by atoms with Gasteiger partial charge in [-0.3, -0.25) is 18.9 Å². The van der Waals surface area contributed by atoms with Crippen LogP contribution in [-0.2, 0) is 4.79 Å². The molecule has 2 aromatic heterocycles. The number of aromatic nitrogens is 2. The van der Waals surface area contributed by atoms with E-state index in [2.05, 4.69) is 4.90 Å². The molecule has 2 aliphatic heterocycles. The summed E-state index contributed by atoms with van der Waals surface area (Å²) < 4.78 is 2.05. The Morgan fingerprint density at radius 1 is 1.19 bits per heavy atom. The van der Waals surface area contributed by atoms with E-state index in [4.69, 9.17) is 17.2 Å². The van der Waals surface area contributed by atoms with Gasteiger partial charge in [-0.1, -0.05) is 30.0 Å². The van der Waals surface area contributed by atoms with Gasteiger partial charge in [0, 0.05) is 26.3 Å². The van der Waals surface area contributed by atoms with Gasteiger partial charge in [0.2, 0.25) is 0 Å². The summed E-state index contributed by atoms with van der Waals surface area (Å²) in [6, 6.07) is 3.81. The van der Waals surface area contributed by atoms with E-state index in [9.17, 15) is 9.59 Å². The minimum Gasteiger partial charge on any atom is -0.356 e. The molecule has 0 aromatic carbocycles. The van der Waals surface area contributed by atoms with Gasteiger partial charge in [-0.25, -0.2) is 4.98 Å². The lowest BCUT2D eigenvalue weighted by molar-refractivity contribution is -0.121. The maximum absolute atomic E-state index is 13.3. The van der Waals surface area contributed by atoms with Gasteiger partial charge >= 0.3 is 0 Å². The molecule has 2 saturated heterocycles. The summed E-state index contributed by atoms with van der Waals surface area (Å²) in [5.74, 6) is 0.480. The molecular weight excluding hydrogens is 380 g/mol. The number of anilines is 1. The minimum atomic E-state index is -0.177. The average molecular weight is 401 g/mol. The number of carbonyl (C=O) groups is 1. The van der Waals surface area contributed by atoms with E-state index in [-0.39, 0.29) is 11.5 Å².